The van der Waals surface area contributed by atoms with Gasteiger partial charge in [-0.2, -0.15) is 0 Å². The number of halogens is 1. The van der Waals surface area contributed by atoms with Crippen molar-refractivity contribution < 1.29 is 4.42 Å². The highest BCUT2D eigenvalue weighted by molar-refractivity contribution is 9.10. The van der Waals surface area contributed by atoms with Crippen LogP contribution in [-0.2, 0) is 0 Å². The topological polar surface area (TPSA) is 13.1 Å². The van der Waals surface area contributed by atoms with Gasteiger partial charge in [0.15, 0.2) is 0 Å². The third-order valence-corrected chi connectivity index (χ3v) is 4.53. The third-order valence-electron chi connectivity index (χ3n) is 4.07. The van der Waals surface area contributed by atoms with E-state index in [2.05, 4.69) is 64.5 Å². The molecule has 0 saturated heterocycles. The highest BCUT2D eigenvalue weighted by Crippen LogP contribution is 2.43. The second-order valence-electron chi connectivity index (χ2n) is 5.15. The fourth-order valence-corrected chi connectivity index (χ4v) is 3.74. The Balaban J connectivity index is 2.32. The zero-order valence-electron chi connectivity index (χ0n) is 10.5. The van der Waals surface area contributed by atoms with E-state index in [1.54, 1.807) is 0 Å². The monoisotopic (exact) mass is 320 g/mol. The van der Waals surface area contributed by atoms with Crippen LogP contribution in [0.3, 0.4) is 0 Å². The van der Waals surface area contributed by atoms with E-state index in [0.29, 0.717) is 0 Å². The molecule has 5 aromatic rings. The average molecular weight is 321 g/mol. The number of furan rings is 1. The Hall–Kier alpha value is -2.06. The molecule has 1 heterocycles. The maximum Gasteiger partial charge on any atom is 0.137 e. The van der Waals surface area contributed by atoms with Crippen molar-refractivity contribution in [3.63, 3.8) is 0 Å². The lowest BCUT2D eigenvalue weighted by molar-refractivity contribution is 0.669. The van der Waals surface area contributed by atoms with Crippen molar-refractivity contribution in [3.05, 3.63) is 59.1 Å². The minimum atomic E-state index is 0.950. The lowest BCUT2D eigenvalue weighted by Gasteiger charge is -2.07. The largest absolute Gasteiger partial charge is 0.456 e. The Bertz CT molecular complexity index is 1100. The molecular formula is C18H9BrO. The van der Waals surface area contributed by atoms with E-state index >= 15 is 0 Å². The van der Waals surface area contributed by atoms with Gasteiger partial charge in [-0.05, 0) is 39.7 Å². The summed E-state index contributed by atoms with van der Waals surface area (Å²) < 4.78 is 7.09. The van der Waals surface area contributed by atoms with Gasteiger partial charge < -0.3 is 4.42 Å². The molecular weight excluding hydrogens is 312 g/mol. The Morgan fingerprint density at radius 1 is 0.650 bits per heavy atom. The van der Waals surface area contributed by atoms with E-state index in [9.17, 15) is 0 Å². The van der Waals surface area contributed by atoms with Crippen LogP contribution in [0.2, 0.25) is 0 Å². The molecule has 20 heavy (non-hydrogen) atoms. The number of rotatable bonds is 0. The van der Waals surface area contributed by atoms with Gasteiger partial charge in [-0.15, -0.1) is 0 Å². The van der Waals surface area contributed by atoms with Crippen LogP contribution in [-0.4, -0.2) is 0 Å². The lowest BCUT2D eigenvalue weighted by Crippen LogP contribution is -1.81. The third kappa shape index (κ3) is 1.18. The maximum absolute atomic E-state index is 6.04. The van der Waals surface area contributed by atoms with Gasteiger partial charge in [0, 0.05) is 15.2 Å². The fourth-order valence-electron chi connectivity index (χ4n) is 3.30. The maximum atomic E-state index is 6.04. The molecule has 4 aromatic carbocycles. The predicted molar refractivity (Wildman–Crippen MR) is 87.6 cm³/mol. The molecule has 0 bridgehead atoms. The van der Waals surface area contributed by atoms with Crippen molar-refractivity contribution >= 4 is 59.4 Å². The van der Waals surface area contributed by atoms with Gasteiger partial charge in [0.25, 0.3) is 0 Å². The summed E-state index contributed by atoms with van der Waals surface area (Å²) in [6.07, 6.45) is 0. The molecule has 2 heteroatoms. The average Bonchev–Trinajstić information content (AvgIpc) is 2.84. The standard InChI is InChI=1S/C18H9BrO/c19-10-8-14-12-5-2-1-4-11(12)13-6-3-7-15-17(13)18(14)16(9-10)20-15/h1-9H. The number of benzene rings is 4. The normalized spacial score (nSPS) is 12.2. The molecule has 1 nitrogen and oxygen atoms in total. The summed E-state index contributed by atoms with van der Waals surface area (Å²) in [4.78, 5) is 0. The highest BCUT2D eigenvalue weighted by atomic mass is 79.9. The van der Waals surface area contributed by atoms with Crippen molar-refractivity contribution in [2.75, 3.05) is 0 Å². The first-order valence-corrected chi connectivity index (χ1v) is 7.37. The van der Waals surface area contributed by atoms with E-state index in [1.165, 1.54) is 32.3 Å². The zero-order chi connectivity index (χ0) is 13.3. The van der Waals surface area contributed by atoms with Crippen LogP contribution in [0.25, 0.3) is 43.5 Å². The van der Waals surface area contributed by atoms with Crippen LogP contribution in [0.15, 0.2) is 63.5 Å². The van der Waals surface area contributed by atoms with Crippen molar-refractivity contribution in [1.29, 1.82) is 0 Å². The van der Waals surface area contributed by atoms with Gasteiger partial charge in [0.05, 0.1) is 0 Å². The van der Waals surface area contributed by atoms with Crippen molar-refractivity contribution in [3.8, 4) is 0 Å². The molecule has 94 valence electrons. The molecule has 0 unspecified atom stereocenters. The van der Waals surface area contributed by atoms with E-state index < -0.39 is 0 Å². The molecule has 0 aliphatic rings. The zero-order valence-corrected chi connectivity index (χ0v) is 12.1. The summed E-state index contributed by atoms with van der Waals surface area (Å²) >= 11 is 3.59. The Morgan fingerprint density at radius 2 is 1.35 bits per heavy atom. The van der Waals surface area contributed by atoms with Gasteiger partial charge in [-0.3, -0.25) is 0 Å². The van der Waals surface area contributed by atoms with E-state index in [4.69, 9.17) is 4.42 Å². The number of hydrogen-bond donors (Lipinski definition) is 0. The second-order valence-corrected chi connectivity index (χ2v) is 6.07. The number of fused-ring (bicyclic) bond motifs is 3. The molecule has 5 rings (SSSR count). The minimum absolute atomic E-state index is 0.950. The van der Waals surface area contributed by atoms with Crippen molar-refractivity contribution in [2.24, 2.45) is 0 Å². The quantitative estimate of drug-likeness (QED) is 0.314. The number of hydrogen-bond acceptors (Lipinski definition) is 1. The van der Waals surface area contributed by atoms with E-state index in [-0.39, 0.29) is 0 Å². The first kappa shape index (κ1) is 10.7. The molecule has 0 spiro atoms. The molecule has 0 radical (unpaired) electrons. The summed E-state index contributed by atoms with van der Waals surface area (Å²) in [6.45, 7) is 0. The molecule has 1 aromatic heterocycles. The van der Waals surface area contributed by atoms with Crippen LogP contribution in [0.4, 0.5) is 0 Å². The molecule has 0 N–H and O–H groups in total. The van der Waals surface area contributed by atoms with Crippen LogP contribution in [0.5, 0.6) is 0 Å². The summed E-state index contributed by atoms with van der Waals surface area (Å²) in [5.74, 6) is 0. The van der Waals surface area contributed by atoms with Crippen LogP contribution >= 0.6 is 15.9 Å². The molecule has 0 atom stereocenters. The minimum Gasteiger partial charge on any atom is -0.456 e. The Morgan fingerprint density at radius 3 is 2.20 bits per heavy atom. The van der Waals surface area contributed by atoms with E-state index in [1.807, 2.05) is 6.07 Å². The van der Waals surface area contributed by atoms with Gasteiger partial charge in [-0.25, -0.2) is 0 Å². The predicted octanol–water partition coefficient (Wildman–Crippen LogP) is 6.09. The SMILES string of the molecule is Brc1cc2oc3cccc4c5ccccc5c(c1)c2c34. The highest BCUT2D eigenvalue weighted by Gasteiger charge is 2.16. The molecule has 0 amide bonds. The fraction of sp³-hybridized carbons (Fsp3) is 0. The molecule has 0 aliphatic heterocycles. The van der Waals surface area contributed by atoms with Crippen LogP contribution in [0, 0.1) is 0 Å². The molecule has 0 fully saturated rings. The van der Waals surface area contributed by atoms with Gasteiger partial charge in [-0.1, -0.05) is 52.3 Å². The first-order chi connectivity index (χ1) is 9.83. The van der Waals surface area contributed by atoms with Crippen LogP contribution in [0.1, 0.15) is 0 Å². The van der Waals surface area contributed by atoms with Gasteiger partial charge >= 0.3 is 0 Å². The Kier molecular flexibility index (Phi) is 1.89. The Labute approximate surface area is 123 Å². The van der Waals surface area contributed by atoms with Crippen molar-refractivity contribution in [1.82, 2.24) is 0 Å². The summed E-state index contributed by atoms with van der Waals surface area (Å²) in [6, 6.07) is 19.1. The van der Waals surface area contributed by atoms with Crippen molar-refractivity contribution in [2.45, 2.75) is 0 Å². The van der Waals surface area contributed by atoms with Gasteiger partial charge in [0.1, 0.15) is 11.2 Å². The molecule has 0 saturated carbocycles. The molecule has 0 aliphatic carbocycles. The smallest absolute Gasteiger partial charge is 0.137 e. The van der Waals surface area contributed by atoms with Gasteiger partial charge in [0.2, 0.25) is 0 Å². The summed E-state index contributed by atoms with van der Waals surface area (Å²) in [5.41, 5.74) is 1.91. The lowest BCUT2D eigenvalue weighted by atomic mass is 9.94. The van der Waals surface area contributed by atoms with E-state index in [0.717, 1.165) is 15.6 Å². The summed E-state index contributed by atoms with van der Waals surface area (Å²) in [7, 11) is 0. The van der Waals surface area contributed by atoms with Crippen LogP contribution < -0.4 is 0 Å². The summed E-state index contributed by atoms with van der Waals surface area (Å²) in [5, 5.41) is 7.56. The second kappa shape index (κ2) is 3.53. The first-order valence-electron chi connectivity index (χ1n) is 6.57.